The summed E-state index contributed by atoms with van der Waals surface area (Å²) in [4.78, 5) is 40.0. The summed E-state index contributed by atoms with van der Waals surface area (Å²) < 4.78 is 6.73. The highest BCUT2D eigenvalue weighted by atomic mass is 32.1. The number of amides is 3. The monoisotopic (exact) mass is 414 g/mol. The number of hydrogen-bond acceptors (Lipinski definition) is 5. The number of rotatable bonds is 6. The van der Waals surface area contributed by atoms with Crippen molar-refractivity contribution in [2.75, 3.05) is 34.4 Å². The van der Waals surface area contributed by atoms with Crippen LogP contribution in [0.5, 0.6) is 0 Å². The van der Waals surface area contributed by atoms with Crippen LogP contribution in [0.25, 0.3) is 17.0 Å². The van der Waals surface area contributed by atoms with E-state index in [2.05, 4.69) is 5.32 Å². The number of thiocarbonyl (C=S) groups is 1. The van der Waals surface area contributed by atoms with Crippen molar-refractivity contribution in [1.82, 2.24) is 19.7 Å². The Morgan fingerprint density at radius 2 is 1.83 bits per heavy atom. The highest BCUT2D eigenvalue weighted by Crippen LogP contribution is 2.25. The Morgan fingerprint density at radius 3 is 2.48 bits per heavy atom. The van der Waals surface area contributed by atoms with Gasteiger partial charge in [0.05, 0.1) is 6.61 Å². The Morgan fingerprint density at radius 1 is 1.17 bits per heavy atom. The first kappa shape index (κ1) is 20.7. The lowest BCUT2D eigenvalue weighted by Gasteiger charge is -2.31. The van der Waals surface area contributed by atoms with Crippen LogP contribution in [0, 0.1) is 0 Å². The normalized spacial score (nSPS) is 14.7. The van der Waals surface area contributed by atoms with E-state index in [-0.39, 0.29) is 23.1 Å². The molecule has 3 amide bonds. The van der Waals surface area contributed by atoms with Gasteiger partial charge in [-0.2, -0.15) is 0 Å². The van der Waals surface area contributed by atoms with Crippen LogP contribution in [0.3, 0.4) is 0 Å². The van der Waals surface area contributed by atoms with Gasteiger partial charge in [0.1, 0.15) is 12.1 Å². The van der Waals surface area contributed by atoms with Gasteiger partial charge in [-0.1, -0.05) is 18.2 Å². The molecular weight excluding hydrogens is 392 g/mol. The molecule has 0 saturated carbocycles. The van der Waals surface area contributed by atoms with Crippen molar-refractivity contribution in [3.8, 4) is 0 Å². The number of benzene rings is 1. The summed E-state index contributed by atoms with van der Waals surface area (Å²) in [5.74, 6) is -1.06. The number of para-hydroxylation sites is 1. The molecule has 1 aromatic carbocycles. The van der Waals surface area contributed by atoms with Gasteiger partial charge in [-0.05, 0) is 24.4 Å². The predicted molar refractivity (Wildman–Crippen MR) is 113 cm³/mol. The smallest absolute Gasteiger partial charge is 0.265 e. The molecule has 0 spiro atoms. The molecule has 0 bridgehead atoms. The summed E-state index contributed by atoms with van der Waals surface area (Å²) >= 11 is 5.12. The van der Waals surface area contributed by atoms with Gasteiger partial charge in [0.15, 0.2) is 5.11 Å². The van der Waals surface area contributed by atoms with Crippen molar-refractivity contribution in [2.24, 2.45) is 0 Å². The maximum atomic E-state index is 12.6. The lowest BCUT2D eigenvalue weighted by molar-refractivity contribution is -0.132. The van der Waals surface area contributed by atoms with Gasteiger partial charge < -0.3 is 14.6 Å². The van der Waals surface area contributed by atoms with Gasteiger partial charge in [0.25, 0.3) is 11.8 Å². The minimum atomic E-state index is -0.452. The molecule has 9 heteroatoms. The molecule has 152 valence electrons. The molecule has 1 saturated heterocycles. The minimum absolute atomic E-state index is 0.0241. The number of ether oxygens (including phenoxy) is 1. The number of aromatic nitrogens is 1. The van der Waals surface area contributed by atoms with Crippen LogP contribution >= 0.6 is 12.2 Å². The largest absolute Gasteiger partial charge is 0.383 e. The summed E-state index contributed by atoms with van der Waals surface area (Å²) in [6.45, 7) is 0.967. The molecule has 0 aliphatic carbocycles. The molecular formula is C20H22N4O4S. The second kappa shape index (κ2) is 8.54. The first-order valence-corrected chi connectivity index (χ1v) is 9.41. The number of hydrogen-bond donors (Lipinski definition) is 1. The third kappa shape index (κ3) is 4.06. The Hall–Kier alpha value is -3.04. The second-order valence-electron chi connectivity index (χ2n) is 6.64. The molecule has 3 rings (SSSR count). The second-order valence-corrected chi connectivity index (χ2v) is 7.01. The Labute approximate surface area is 173 Å². The number of carbonyl (C=O) groups excluding carboxylic acids is 3. The van der Waals surface area contributed by atoms with Gasteiger partial charge >= 0.3 is 0 Å². The fourth-order valence-corrected chi connectivity index (χ4v) is 3.32. The summed E-state index contributed by atoms with van der Waals surface area (Å²) in [5.41, 5.74) is 1.53. The number of fused-ring (bicyclic) bond motifs is 1. The predicted octanol–water partition coefficient (Wildman–Crippen LogP) is 1.00. The van der Waals surface area contributed by atoms with E-state index in [1.54, 1.807) is 23.9 Å². The number of likely N-dealkylation sites (N-methyl/N-ethyl adjacent to an activating group) is 2. The molecule has 1 aromatic heterocycles. The van der Waals surface area contributed by atoms with E-state index < -0.39 is 11.8 Å². The number of methoxy groups -OCH3 is 1. The van der Waals surface area contributed by atoms with E-state index in [9.17, 15) is 14.4 Å². The van der Waals surface area contributed by atoms with Crippen molar-refractivity contribution < 1.29 is 19.1 Å². The third-order valence-electron chi connectivity index (χ3n) is 4.71. The molecule has 0 atom stereocenters. The van der Waals surface area contributed by atoms with Gasteiger partial charge in [0.2, 0.25) is 5.91 Å². The maximum Gasteiger partial charge on any atom is 0.265 e. The molecule has 2 heterocycles. The zero-order valence-corrected chi connectivity index (χ0v) is 17.3. The molecule has 1 aliphatic heterocycles. The zero-order chi connectivity index (χ0) is 21.1. The third-order valence-corrected chi connectivity index (χ3v) is 5.25. The van der Waals surface area contributed by atoms with E-state index in [4.69, 9.17) is 17.0 Å². The SMILES string of the molecule is COCCNC(=O)Cn1cc(C=C2C(=O)N(C)C(=S)N(C)C2=O)c2ccccc21. The van der Waals surface area contributed by atoms with Crippen molar-refractivity contribution >= 4 is 52.0 Å². The van der Waals surface area contributed by atoms with Gasteiger partial charge in [-0.3, -0.25) is 24.2 Å². The lowest BCUT2D eigenvalue weighted by atomic mass is 10.1. The Balaban J connectivity index is 1.97. The lowest BCUT2D eigenvalue weighted by Crippen LogP contribution is -2.52. The van der Waals surface area contributed by atoms with Crippen LogP contribution < -0.4 is 5.32 Å². The van der Waals surface area contributed by atoms with E-state index in [0.29, 0.717) is 18.7 Å². The van der Waals surface area contributed by atoms with Crippen LogP contribution in [-0.2, 0) is 25.7 Å². The van der Waals surface area contributed by atoms with E-state index in [1.807, 2.05) is 24.3 Å². The first-order chi connectivity index (χ1) is 13.8. The fraction of sp³-hybridized carbons (Fsp3) is 0.300. The summed E-state index contributed by atoms with van der Waals surface area (Å²) in [6, 6.07) is 7.51. The molecule has 1 N–H and O–H groups in total. The zero-order valence-electron chi connectivity index (χ0n) is 16.5. The molecule has 2 aromatic rings. The summed E-state index contributed by atoms with van der Waals surface area (Å²) in [7, 11) is 4.64. The quantitative estimate of drug-likeness (QED) is 0.330. The van der Waals surface area contributed by atoms with E-state index in [0.717, 1.165) is 10.9 Å². The number of carbonyl (C=O) groups is 3. The van der Waals surface area contributed by atoms with Crippen molar-refractivity contribution in [1.29, 1.82) is 0 Å². The van der Waals surface area contributed by atoms with Gasteiger partial charge in [-0.25, -0.2) is 0 Å². The van der Waals surface area contributed by atoms with Gasteiger partial charge in [-0.15, -0.1) is 0 Å². The average Bonchev–Trinajstić information content (AvgIpc) is 3.06. The summed E-state index contributed by atoms with van der Waals surface area (Å²) in [6.07, 6.45) is 3.32. The van der Waals surface area contributed by atoms with Crippen molar-refractivity contribution in [3.63, 3.8) is 0 Å². The average molecular weight is 414 g/mol. The maximum absolute atomic E-state index is 12.6. The highest BCUT2D eigenvalue weighted by Gasteiger charge is 2.35. The number of nitrogens with one attached hydrogen (secondary N) is 1. The molecule has 8 nitrogen and oxygen atoms in total. The van der Waals surface area contributed by atoms with Crippen LogP contribution in [-0.4, -0.2) is 71.6 Å². The fourth-order valence-electron chi connectivity index (χ4n) is 3.15. The van der Waals surface area contributed by atoms with Crippen molar-refractivity contribution in [3.05, 3.63) is 41.6 Å². The molecule has 0 radical (unpaired) electrons. The van der Waals surface area contributed by atoms with Gasteiger partial charge in [0, 0.05) is 50.4 Å². The minimum Gasteiger partial charge on any atom is -0.383 e. The molecule has 0 unspecified atom stereocenters. The van der Waals surface area contributed by atoms with Crippen LogP contribution in [0.4, 0.5) is 0 Å². The standard InChI is InChI=1S/C20H22N4O4S/c1-22-18(26)15(19(27)23(2)20(22)29)10-13-11-24(12-17(25)21-8-9-28-3)16-7-5-4-6-14(13)16/h4-7,10-11H,8-9,12H2,1-3H3,(H,21,25). The molecule has 1 aliphatic rings. The topological polar surface area (TPSA) is 83.9 Å². The number of nitrogens with zero attached hydrogens (tertiary/aromatic N) is 3. The summed E-state index contributed by atoms with van der Waals surface area (Å²) in [5, 5.41) is 3.78. The van der Waals surface area contributed by atoms with E-state index >= 15 is 0 Å². The Kier molecular flexibility index (Phi) is 6.09. The van der Waals surface area contributed by atoms with Crippen molar-refractivity contribution in [2.45, 2.75) is 6.54 Å². The first-order valence-electron chi connectivity index (χ1n) is 9.00. The molecule has 1 fully saturated rings. The van der Waals surface area contributed by atoms with Crippen LogP contribution in [0.2, 0.25) is 0 Å². The van der Waals surface area contributed by atoms with Crippen LogP contribution in [0.1, 0.15) is 5.56 Å². The highest BCUT2D eigenvalue weighted by molar-refractivity contribution is 7.80. The van der Waals surface area contributed by atoms with E-state index in [1.165, 1.54) is 23.9 Å². The van der Waals surface area contributed by atoms with Crippen LogP contribution in [0.15, 0.2) is 36.0 Å². The Bertz CT molecular complexity index is 1000. The molecule has 29 heavy (non-hydrogen) atoms.